The number of guanidine groups is 2. The summed E-state index contributed by atoms with van der Waals surface area (Å²) in [6, 6.07) is 4.04. The maximum absolute atomic E-state index is 4.49. The summed E-state index contributed by atoms with van der Waals surface area (Å²) in [5.74, 6) is 1.58. The highest BCUT2D eigenvalue weighted by atomic mass is 15.4. The normalized spacial score (nSPS) is 21.7. The van der Waals surface area contributed by atoms with E-state index in [4.69, 9.17) is 0 Å². The number of aromatic amines is 1. The van der Waals surface area contributed by atoms with Crippen LogP contribution in [-0.4, -0.2) is 42.1 Å². The molecule has 3 N–H and O–H groups in total. The Kier molecular flexibility index (Phi) is 3.32. The number of nitrogens with zero attached hydrogens (tertiary/aromatic N) is 3. The molecule has 0 aromatic carbocycles. The number of aromatic nitrogens is 1. The van der Waals surface area contributed by atoms with Crippen molar-refractivity contribution in [2.45, 2.75) is 19.6 Å². The third-order valence-electron chi connectivity index (χ3n) is 2.55. The monoisotopic (exact) mass is 234 g/mol. The van der Waals surface area contributed by atoms with Gasteiger partial charge in [-0.15, -0.1) is 0 Å². The number of rotatable bonds is 2. The van der Waals surface area contributed by atoms with Gasteiger partial charge < -0.3 is 15.2 Å². The van der Waals surface area contributed by atoms with Crippen molar-refractivity contribution < 1.29 is 0 Å². The van der Waals surface area contributed by atoms with Crippen molar-refractivity contribution in [3.8, 4) is 0 Å². The van der Waals surface area contributed by atoms with E-state index in [-0.39, 0.29) is 6.17 Å². The molecule has 0 radical (unpaired) electrons. The average Bonchev–Trinajstić information content (AvgIpc) is 2.81. The third kappa shape index (κ3) is 2.77. The zero-order valence-corrected chi connectivity index (χ0v) is 10.4. The summed E-state index contributed by atoms with van der Waals surface area (Å²) >= 11 is 0. The van der Waals surface area contributed by atoms with E-state index in [1.165, 1.54) is 0 Å². The summed E-state index contributed by atoms with van der Waals surface area (Å²) in [4.78, 5) is 13.8. The van der Waals surface area contributed by atoms with Crippen molar-refractivity contribution in [1.29, 1.82) is 0 Å². The van der Waals surface area contributed by atoms with Gasteiger partial charge in [-0.25, -0.2) is 4.99 Å². The van der Waals surface area contributed by atoms with Gasteiger partial charge in [0.2, 0.25) is 5.96 Å². The van der Waals surface area contributed by atoms with Crippen LogP contribution in [0, 0.1) is 0 Å². The molecule has 1 aromatic rings. The Labute approximate surface area is 101 Å². The van der Waals surface area contributed by atoms with Crippen LogP contribution in [0.1, 0.15) is 12.6 Å². The summed E-state index contributed by atoms with van der Waals surface area (Å²) in [5.41, 5.74) is 1.15. The van der Waals surface area contributed by atoms with Crippen LogP contribution >= 0.6 is 0 Å². The lowest BCUT2D eigenvalue weighted by molar-refractivity contribution is 0.466. The van der Waals surface area contributed by atoms with E-state index in [2.05, 4.69) is 31.7 Å². The highest BCUT2D eigenvalue weighted by Gasteiger charge is 2.17. The van der Waals surface area contributed by atoms with E-state index in [0.29, 0.717) is 0 Å². The third-order valence-corrected chi connectivity index (χ3v) is 2.55. The summed E-state index contributed by atoms with van der Waals surface area (Å²) < 4.78 is 0. The number of hydrogen-bond acceptors (Lipinski definition) is 3. The van der Waals surface area contributed by atoms with Gasteiger partial charge in [0.25, 0.3) is 0 Å². The quantitative estimate of drug-likeness (QED) is 0.690. The van der Waals surface area contributed by atoms with E-state index in [1.807, 2.05) is 31.1 Å². The van der Waals surface area contributed by atoms with E-state index < -0.39 is 0 Å². The van der Waals surface area contributed by atoms with Crippen LogP contribution in [0.4, 0.5) is 0 Å². The molecule has 0 saturated heterocycles. The molecule has 1 aliphatic rings. The molecule has 6 nitrogen and oxygen atoms in total. The first-order valence-electron chi connectivity index (χ1n) is 5.60. The van der Waals surface area contributed by atoms with Gasteiger partial charge >= 0.3 is 0 Å². The molecule has 0 fully saturated rings. The van der Waals surface area contributed by atoms with Gasteiger partial charge in [-0.05, 0) is 19.1 Å². The first kappa shape index (κ1) is 11.5. The highest BCUT2D eigenvalue weighted by molar-refractivity contribution is 6.00. The molecule has 0 amide bonds. The SMILES string of the molecule is CN=C1NC(N(C)Cc2ccc[nH]2)=NC(C)N1. The molecule has 1 atom stereocenters. The van der Waals surface area contributed by atoms with Crippen LogP contribution in [0.15, 0.2) is 28.3 Å². The van der Waals surface area contributed by atoms with Crippen LogP contribution in [0.25, 0.3) is 0 Å². The number of nitrogens with one attached hydrogen (secondary N) is 3. The number of hydrogen-bond donors (Lipinski definition) is 3. The van der Waals surface area contributed by atoms with Gasteiger partial charge in [-0.3, -0.25) is 10.3 Å². The van der Waals surface area contributed by atoms with Crippen LogP contribution in [-0.2, 0) is 6.54 Å². The van der Waals surface area contributed by atoms with Crippen molar-refractivity contribution in [3.05, 3.63) is 24.0 Å². The first-order chi connectivity index (χ1) is 8.19. The molecule has 1 aliphatic heterocycles. The zero-order valence-electron chi connectivity index (χ0n) is 10.4. The lowest BCUT2D eigenvalue weighted by Gasteiger charge is -2.28. The standard InChI is InChI=1S/C11H18N6/c1-8-14-10(12-2)16-11(15-8)17(3)7-9-5-4-6-13-9/h4-6,8,13H,7H2,1-3H3,(H2,12,14,15,16). The highest BCUT2D eigenvalue weighted by Crippen LogP contribution is 2.02. The Bertz CT molecular complexity index is 419. The van der Waals surface area contributed by atoms with E-state index in [9.17, 15) is 0 Å². The summed E-state index contributed by atoms with van der Waals surface area (Å²) in [5, 5.41) is 6.27. The second-order valence-corrected chi connectivity index (χ2v) is 4.02. The minimum atomic E-state index is 0.0380. The fraction of sp³-hybridized carbons (Fsp3) is 0.455. The van der Waals surface area contributed by atoms with E-state index >= 15 is 0 Å². The first-order valence-corrected chi connectivity index (χ1v) is 5.60. The fourth-order valence-electron chi connectivity index (χ4n) is 1.70. The minimum Gasteiger partial charge on any atom is -0.364 e. The van der Waals surface area contributed by atoms with Crippen molar-refractivity contribution >= 4 is 11.9 Å². The lowest BCUT2D eigenvalue weighted by atomic mass is 10.4. The molecule has 0 bridgehead atoms. The van der Waals surface area contributed by atoms with Crippen LogP contribution in [0.5, 0.6) is 0 Å². The zero-order chi connectivity index (χ0) is 12.3. The smallest absolute Gasteiger partial charge is 0.202 e. The maximum Gasteiger partial charge on any atom is 0.202 e. The Balaban J connectivity index is 2.06. The summed E-state index contributed by atoms with van der Waals surface area (Å²) in [7, 11) is 3.74. The van der Waals surface area contributed by atoms with Crippen molar-refractivity contribution in [2.24, 2.45) is 9.98 Å². The summed E-state index contributed by atoms with van der Waals surface area (Å²) in [6.45, 7) is 2.77. The Morgan fingerprint density at radius 1 is 1.53 bits per heavy atom. The molecule has 1 aromatic heterocycles. The van der Waals surface area contributed by atoms with Crippen molar-refractivity contribution in [2.75, 3.05) is 14.1 Å². The van der Waals surface area contributed by atoms with Gasteiger partial charge in [0.05, 0.1) is 6.54 Å². The topological polar surface area (TPSA) is 67.8 Å². The largest absolute Gasteiger partial charge is 0.364 e. The lowest BCUT2D eigenvalue weighted by Crippen LogP contribution is -2.54. The van der Waals surface area contributed by atoms with Crippen molar-refractivity contribution in [3.63, 3.8) is 0 Å². The van der Waals surface area contributed by atoms with E-state index in [0.717, 1.165) is 24.2 Å². The van der Waals surface area contributed by atoms with Gasteiger partial charge in [0, 0.05) is 26.0 Å². The average molecular weight is 234 g/mol. The molecule has 2 rings (SSSR count). The molecule has 0 spiro atoms. The molecular formula is C11H18N6. The Hall–Kier alpha value is -1.98. The van der Waals surface area contributed by atoms with Crippen LogP contribution < -0.4 is 10.6 Å². The van der Waals surface area contributed by atoms with Gasteiger partial charge in [0.15, 0.2) is 5.96 Å². The second-order valence-electron chi connectivity index (χ2n) is 4.02. The second kappa shape index (κ2) is 4.90. The molecule has 0 aliphatic carbocycles. The Morgan fingerprint density at radius 3 is 3.00 bits per heavy atom. The van der Waals surface area contributed by atoms with Gasteiger partial charge in [-0.1, -0.05) is 0 Å². The predicted molar refractivity (Wildman–Crippen MR) is 68.8 cm³/mol. The van der Waals surface area contributed by atoms with Crippen molar-refractivity contribution in [1.82, 2.24) is 20.5 Å². The minimum absolute atomic E-state index is 0.0380. The Morgan fingerprint density at radius 2 is 2.35 bits per heavy atom. The predicted octanol–water partition coefficient (Wildman–Crippen LogP) is 0.327. The number of aliphatic imine (C=N–C) groups is 2. The van der Waals surface area contributed by atoms with Gasteiger partial charge in [0.1, 0.15) is 6.17 Å². The molecule has 17 heavy (non-hydrogen) atoms. The number of H-pyrrole nitrogens is 1. The molecule has 0 saturated carbocycles. The summed E-state index contributed by atoms with van der Waals surface area (Å²) in [6.07, 6.45) is 1.96. The molecule has 2 heterocycles. The van der Waals surface area contributed by atoms with Crippen LogP contribution in [0.2, 0.25) is 0 Å². The fourth-order valence-corrected chi connectivity index (χ4v) is 1.70. The maximum atomic E-state index is 4.49. The molecule has 92 valence electrons. The van der Waals surface area contributed by atoms with Gasteiger partial charge in [-0.2, -0.15) is 0 Å². The van der Waals surface area contributed by atoms with E-state index in [1.54, 1.807) is 7.05 Å². The molecule has 6 heteroatoms. The molecule has 1 unspecified atom stereocenters. The molecular weight excluding hydrogens is 216 g/mol. The van der Waals surface area contributed by atoms with Crippen LogP contribution in [0.3, 0.4) is 0 Å².